The summed E-state index contributed by atoms with van der Waals surface area (Å²) in [6.07, 6.45) is 1.56. The third-order valence-electron chi connectivity index (χ3n) is 6.87. The van der Waals surface area contributed by atoms with E-state index < -0.39 is 12.2 Å². The third kappa shape index (κ3) is 5.85. The number of rotatable bonds is 8. The highest BCUT2D eigenvalue weighted by atomic mass is 19.1. The minimum atomic E-state index is -0.641. The maximum absolute atomic E-state index is 13.6. The zero-order valence-corrected chi connectivity index (χ0v) is 21.5. The fourth-order valence-corrected chi connectivity index (χ4v) is 4.93. The highest BCUT2D eigenvalue weighted by Crippen LogP contribution is 2.29. The molecule has 2 heterocycles. The van der Waals surface area contributed by atoms with Crippen LogP contribution in [0.5, 0.6) is 5.75 Å². The van der Waals surface area contributed by atoms with E-state index in [1.165, 1.54) is 17.1 Å². The first kappa shape index (κ1) is 26.4. The second-order valence-electron chi connectivity index (χ2n) is 9.45. The summed E-state index contributed by atoms with van der Waals surface area (Å²) in [6.45, 7) is 2.79. The summed E-state index contributed by atoms with van der Waals surface area (Å²) in [5.41, 5.74) is 1.68. The third-order valence-corrected chi connectivity index (χ3v) is 6.87. The number of halogens is 1. The molecule has 2 aromatic rings. The van der Waals surface area contributed by atoms with Crippen LogP contribution in [0.1, 0.15) is 37.3 Å². The van der Waals surface area contributed by atoms with Crippen molar-refractivity contribution >= 4 is 17.8 Å². The Kier molecular flexibility index (Phi) is 8.27. The number of fused-ring (bicyclic) bond motifs is 1. The van der Waals surface area contributed by atoms with Gasteiger partial charge in [0.1, 0.15) is 23.8 Å². The van der Waals surface area contributed by atoms with E-state index in [0.717, 1.165) is 29.7 Å². The molecule has 0 aromatic heterocycles. The van der Waals surface area contributed by atoms with Crippen molar-refractivity contribution in [2.75, 3.05) is 27.2 Å². The van der Waals surface area contributed by atoms with Crippen LogP contribution >= 0.6 is 0 Å². The molecule has 2 aromatic carbocycles. The number of carbonyl (C=O) groups is 3. The number of ether oxygens (including phenoxy) is 1. The number of carbonyl (C=O) groups excluding carboxylic acids is 3. The van der Waals surface area contributed by atoms with Crippen LogP contribution < -0.4 is 10.1 Å². The van der Waals surface area contributed by atoms with Gasteiger partial charge in [0, 0.05) is 20.1 Å². The van der Waals surface area contributed by atoms with Crippen LogP contribution in [0.4, 0.5) is 9.18 Å². The van der Waals surface area contributed by atoms with Crippen LogP contribution in [0.15, 0.2) is 48.5 Å². The maximum Gasteiger partial charge on any atom is 0.334 e. The van der Waals surface area contributed by atoms with E-state index >= 15 is 0 Å². The Morgan fingerprint density at radius 2 is 1.76 bits per heavy atom. The number of nitrogens with zero attached hydrogens (tertiary/aromatic N) is 4. The van der Waals surface area contributed by atoms with Gasteiger partial charge >= 0.3 is 6.03 Å². The smallest absolute Gasteiger partial charge is 0.334 e. The quantitative estimate of drug-likeness (QED) is 0.589. The summed E-state index contributed by atoms with van der Waals surface area (Å²) in [6, 6.07) is 12.4. The molecule has 1 N–H and O–H groups in total. The molecule has 10 heteroatoms. The van der Waals surface area contributed by atoms with Gasteiger partial charge in [-0.3, -0.25) is 9.59 Å². The van der Waals surface area contributed by atoms with Crippen LogP contribution in [-0.4, -0.2) is 77.1 Å². The number of hydrazine groups is 1. The van der Waals surface area contributed by atoms with Crippen molar-refractivity contribution in [3.63, 3.8) is 0 Å². The molecule has 2 aliphatic rings. The van der Waals surface area contributed by atoms with Gasteiger partial charge in [-0.1, -0.05) is 44.0 Å². The Bertz CT molecular complexity index is 1110. The Balaban J connectivity index is 1.58. The van der Waals surface area contributed by atoms with Crippen LogP contribution in [0, 0.1) is 5.82 Å². The number of benzene rings is 2. The second-order valence-corrected chi connectivity index (χ2v) is 9.45. The van der Waals surface area contributed by atoms with E-state index in [-0.39, 0.29) is 43.3 Å². The van der Waals surface area contributed by atoms with E-state index in [9.17, 15) is 18.8 Å². The van der Waals surface area contributed by atoms with Gasteiger partial charge in [-0.15, -0.1) is 0 Å². The van der Waals surface area contributed by atoms with Gasteiger partial charge in [0.15, 0.2) is 0 Å². The van der Waals surface area contributed by atoms with Gasteiger partial charge in [0.05, 0.1) is 20.2 Å². The molecule has 37 heavy (non-hydrogen) atoms. The number of unbranched alkanes of at least 4 members (excludes halogenated alkanes) is 1. The summed E-state index contributed by atoms with van der Waals surface area (Å²) in [5.74, 6) is 0.102. The first-order valence-corrected chi connectivity index (χ1v) is 12.6. The molecule has 0 saturated carbocycles. The monoisotopic (exact) mass is 511 g/mol. The molecule has 0 spiro atoms. The predicted octanol–water partition coefficient (Wildman–Crippen LogP) is 2.96. The minimum Gasteiger partial charge on any atom is -0.497 e. The lowest BCUT2D eigenvalue weighted by Gasteiger charge is -2.54. The summed E-state index contributed by atoms with van der Waals surface area (Å²) in [5, 5.41) is 6.00. The van der Waals surface area contributed by atoms with Crippen molar-refractivity contribution in [1.29, 1.82) is 0 Å². The standard InChI is InChI=1S/C27H34FN5O4/c1-4-5-6-23-26(35)31(16-20-9-13-22(37-3)14-10-20)17-24-32(23)25(34)18-30(2)33(24)27(36)29-15-19-7-11-21(28)12-8-19/h7-14,23-24H,4-6,15-18H2,1-3H3,(H,29,36)/t23-,24-/m0/s1. The zero-order chi connectivity index (χ0) is 26.5. The zero-order valence-electron chi connectivity index (χ0n) is 21.5. The molecular formula is C27H34FN5O4. The van der Waals surface area contributed by atoms with E-state index in [1.54, 1.807) is 41.1 Å². The Morgan fingerprint density at radius 1 is 1.08 bits per heavy atom. The lowest BCUT2D eigenvalue weighted by atomic mass is 10.0. The fraction of sp³-hybridized carbons (Fsp3) is 0.444. The maximum atomic E-state index is 13.6. The van der Waals surface area contributed by atoms with Crippen molar-refractivity contribution in [1.82, 2.24) is 25.1 Å². The largest absolute Gasteiger partial charge is 0.497 e. The molecule has 0 unspecified atom stereocenters. The molecule has 4 rings (SSSR count). The van der Waals surface area contributed by atoms with Crippen LogP contribution in [-0.2, 0) is 22.7 Å². The van der Waals surface area contributed by atoms with Crippen LogP contribution in [0.25, 0.3) is 0 Å². The Hall–Kier alpha value is -3.66. The predicted molar refractivity (Wildman–Crippen MR) is 135 cm³/mol. The highest BCUT2D eigenvalue weighted by Gasteiger charge is 2.50. The molecule has 198 valence electrons. The number of nitrogens with one attached hydrogen (secondary N) is 1. The highest BCUT2D eigenvalue weighted by molar-refractivity contribution is 5.91. The number of urea groups is 1. The van der Waals surface area contributed by atoms with Crippen molar-refractivity contribution in [2.45, 2.75) is 51.5 Å². The number of piperazine rings is 1. The molecule has 4 amide bonds. The van der Waals surface area contributed by atoms with Crippen molar-refractivity contribution < 1.29 is 23.5 Å². The summed E-state index contributed by atoms with van der Waals surface area (Å²) in [4.78, 5) is 43.5. The van der Waals surface area contributed by atoms with E-state index in [4.69, 9.17) is 4.74 Å². The topological polar surface area (TPSA) is 85.4 Å². The number of methoxy groups -OCH3 is 1. The van der Waals surface area contributed by atoms with E-state index in [0.29, 0.717) is 13.0 Å². The average molecular weight is 512 g/mol. The Labute approximate surface area is 216 Å². The number of likely N-dealkylation sites (N-methyl/N-ethyl adjacent to an activating group) is 1. The number of hydrogen-bond acceptors (Lipinski definition) is 5. The second kappa shape index (κ2) is 11.6. The molecule has 0 aliphatic carbocycles. The first-order chi connectivity index (χ1) is 17.8. The van der Waals surface area contributed by atoms with Crippen LogP contribution in [0.3, 0.4) is 0 Å². The number of amides is 4. The van der Waals surface area contributed by atoms with Crippen molar-refractivity contribution in [2.24, 2.45) is 0 Å². The SMILES string of the molecule is CCCC[C@H]1C(=O)N(Cc2ccc(OC)cc2)C[C@H]2N1C(=O)CN(C)N2C(=O)NCc1ccc(F)cc1. The summed E-state index contributed by atoms with van der Waals surface area (Å²) < 4.78 is 18.5. The molecule has 0 radical (unpaired) electrons. The van der Waals surface area contributed by atoms with Crippen LogP contribution in [0.2, 0.25) is 0 Å². The van der Waals surface area contributed by atoms with Gasteiger partial charge in [-0.25, -0.2) is 19.2 Å². The average Bonchev–Trinajstić information content (AvgIpc) is 2.89. The Morgan fingerprint density at radius 3 is 2.41 bits per heavy atom. The van der Waals surface area contributed by atoms with E-state index in [2.05, 4.69) is 5.32 Å². The fourth-order valence-electron chi connectivity index (χ4n) is 4.93. The van der Waals surface area contributed by atoms with Crippen molar-refractivity contribution in [3.05, 3.63) is 65.5 Å². The summed E-state index contributed by atoms with van der Waals surface area (Å²) in [7, 11) is 3.29. The molecule has 2 saturated heterocycles. The number of hydrogen-bond donors (Lipinski definition) is 1. The normalized spacial score (nSPS) is 20.2. The van der Waals surface area contributed by atoms with Gasteiger partial charge < -0.3 is 19.9 Å². The molecule has 2 aliphatic heterocycles. The van der Waals surface area contributed by atoms with Gasteiger partial charge in [0.2, 0.25) is 11.8 Å². The lowest BCUT2D eigenvalue weighted by molar-refractivity contribution is -0.188. The molecular weight excluding hydrogens is 477 g/mol. The van der Waals surface area contributed by atoms with Gasteiger partial charge in [-0.05, 0) is 41.8 Å². The molecule has 2 atom stereocenters. The summed E-state index contributed by atoms with van der Waals surface area (Å²) >= 11 is 0. The van der Waals surface area contributed by atoms with Crippen molar-refractivity contribution in [3.8, 4) is 5.75 Å². The molecule has 9 nitrogen and oxygen atoms in total. The molecule has 2 fully saturated rings. The van der Waals surface area contributed by atoms with Gasteiger partial charge in [0.25, 0.3) is 0 Å². The first-order valence-electron chi connectivity index (χ1n) is 12.6. The molecule has 0 bridgehead atoms. The van der Waals surface area contributed by atoms with Gasteiger partial charge in [-0.2, -0.15) is 0 Å². The lowest BCUT2D eigenvalue weighted by Crippen LogP contribution is -2.75. The van der Waals surface area contributed by atoms with E-state index in [1.807, 2.05) is 31.2 Å². The minimum absolute atomic E-state index is 0.00511.